The zero-order chi connectivity index (χ0) is 12.9. The van der Waals surface area contributed by atoms with E-state index in [1.54, 1.807) is 38.1 Å². The van der Waals surface area contributed by atoms with E-state index in [1.165, 1.54) is 0 Å². The molecule has 0 saturated heterocycles. The van der Waals surface area contributed by atoms with Crippen molar-refractivity contribution in [3.05, 3.63) is 35.4 Å². The zero-order valence-electron chi connectivity index (χ0n) is 9.82. The molecule has 1 amide bonds. The summed E-state index contributed by atoms with van der Waals surface area (Å²) in [6.07, 6.45) is 0. The van der Waals surface area contributed by atoms with Crippen molar-refractivity contribution in [2.45, 2.75) is 13.8 Å². The Morgan fingerprint density at radius 1 is 1.29 bits per heavy atom. The number of hydrogen-bond acceptors (Lipinski definition) is 3. The van der Waals surface area contributed by atoms with E-state index in [4.69, 9.17) is 10.5 Å². The molecular weight excluding hydrogens is 214 g/mol. The fraction of sp³-hybridized carbons (Fsp3) is 0.308. The summed E-state index contributed by atoms with van der Waals surface area (Å²) in [6, 6.07) is 10.4. The summed E-state index contributed by atoms with van der Waals surface area (Å²) >= 11 is 0. The van der Waals surface area contributed by atoms with Gasteiger partial charge in [0.15, 0.2) is 0 Å². The first-order valence-corrected chi connectivity index (χ1v) is 5.18. The maximum absolute atomic E-state index is 11.7. The van der Waals surface area contributed by atoms with Crippen molar-refractivity contribution in [3.8, 4) is 12.1 Å². The Morgan fingerprint density at radius 3 is 2.35 bits per heavy atom. The summed E-state index contributed by atoms with van der Waals surface area (Å²) in [6.45, 7) is 3.81. The molecule has 1 rings (SSSR count). The normalized spacial score (nSPS) is 10.1. The first-order valence-electron chi connectivity index (χ1n) is 5.18. The number of rotatable bonds is 3. The van der Waals surface area contributed by atoms with Gasteiger partial charge in [0.1, 0.15) is 0 Å². The number of nitrogens with zero attached hydrogens (tertiary/aromatic N) is 2. The third kappa shape index (κ3) is 3.62. The van der Waals surface area contributed by atoms with Crippen LogP contribution in [0.2, 0.25) is 0 Å². The van der Waals surface area contributed by atoms with Crippen LogP contribution in [0.5, 0.6) is 0 Å². The molecule has 4 heteroatoms. The Morgan fingerprint density at radius 2 is 1.88 bits per heavy atom. The average molecular weight is 227 g/mol. The molecule has 0 fully saturated rings. The molecule has 1 aromatic rings. The van der Waals surface area contributed by atoms with E-state index in [9.17, 15) is 4.79 Å². The number of carbonyl (C=O) groups is 1. The average Bonchev–Trinajstić information content (AvgIpc) is 2.36. The lowest BCUT2D eigenvalue weighted by Gasteiger charge is -2.15. The van der Waals surface area contributed by atoms with Crippen molar-refractivity contribution in [3.63, 3.8) is 0 Å². The molecule has 0 aliphatic heterocycles. The second-order valence-corrected chi connectivity index (χ2v) is 4.37. The fourth-order valence-corrected chi connectivity index (χ4v) is 1.14. The molecule has 0 saturated carbocycles. The van der Waals surface area contributed by atoms with E-state index in [0.29, 0.717) is 17.7 Å². The summed E-state index contributed by atoms with van der Waals surface area (Å²) in [5, 5.41) is 20.1. The molecular formula is C13H13N3O. The van der Waals surface area contributed by atoms with Gasteiger partial charge in [-0.25, -0.2) is 0 Å². The lowest BCUT2D eigenvalue weighted by atomic mass is 9.96. The van der Waals surface area contributed by atoms with Crippen LogP contribution in [-0.2, 0) is 0 Å². The number of benzene rings is 1. The van der Waals surface area contributed by atoms with Gasteiger partial charge >= 0.3 is 0 Å². The van der Waals surface area contributed by atoms with Gasteiger partial charge in [0, 0.05) is 12.1 Å². The van der Waals surface area contributed by atoms with Crippen molar-refractivity contribution < 1.29 is 4.79 Å². The minimum atomic E-state index is -0.581. The largest absolute Gasteiger partial charge is 0.350 e. The van der Waals surface area contributed by atoms with Crippen molar-refractivity contribution in [2.75, 3.05) is 6.54 Å². The van der Waals surface area contributed by atoms with Crippen LogP contribution in [0.15, 0.2) is 24.3 Å². The van der Waals surface area contributed by atoms with E-state index < -0.39 is 5.41 Å². The quantitative estimate of drug-likeness (QED) is 0.855. The molecule has 0 unspecified atom stereocenters. The van der Waals surface area contributed by atoms with Crippen LogP contribution < -0.4 is 5.32 Å². The Labute approximate surface area is 100 Å². The standard InChI is InChI=1S/C13H13N3O/c1-13(2,8-15)9-16-12(17)11-5-3-10(7-14)4-6-11/h3-6H,9H2,1-2H3,(H,16,17). The zero-order valence-corrected chi connectivity index (χ0v) is 9.82. The highest BCUT2D eigenvalue weighted by atomic mass is 16.1. The molecule has 0 aliphatic rings. The predicted molar refractivity (Wildman–Crippen MR) is 62.9 cm³/mol. The van der Waals surface area contributed by atoms with Crippen LogP contribution in [0.4, 0.5) is 0 Å². The lowest BCUT2D eigenvalue weighted by molar-refractivity contribution is 0.0944. The SMILES string of the molecule is CC(C)(C#N)CNC(=O)c1ccc(C#N)cc1. The molecule has 86 valence electrons. The number of nitrogens with one attached hydrogen (secondary N) is 1. The molecule has 1 aromatic carbocycles. The number of carbonyl (C=O) groups excluding carboxylic acids is 1. The third-order valence-corrected chi connectivity index (χ3v) is 2.27. The first kappa shape index (κ1) is 12.7. The second kappa shape index (κ2) is 5.14. The lowest BCUT2D eigenvalue weighted by Crippen LogP contribution is -2.33. The van der Waals surface area contributed by atoms with E-state index in [-0.39, 0.29) is 5.91 Å². The molecule has 0 aliphatic carbocycles. The molecule has 0 bridgehead atoms. The minimum absolute atomic E-state index is 0.238. The van der Waals surface area contributed by atoms with Gasteiger partial charge in [0.05, 0.1) is 23.1 Å². The van der Waals surface area contributed by atoms with Crippen LogP contribution in [-0.4, -0.2) is 12.5 Å². The highest BCUT2D eigenvalue weighted by molar-refractivity contribution is 5.94. The second-order valence-electron chi connectivity index (χ2n) is 4.37. The highest BCUT2D eigenvalue weighted by Gasteiger charge is 2.17. The van der Waals surface area contributed by atoms with Gasteiger partial charge in [0.2, 0.25) is 0 Å². The van der Waals surface area contributed by atoms with Gasteiger partial charge < -0.3 is 5.32 Å². The molecule has 0 radical (unpaired) electrons. The number of amides is 1. The van der Waals surface area contributed by atoms with E-state index >= 15 is 0 Å². The highest BCUT2D eigenvalue weighted by Crippen LogP contribution is 2.11. The molecule has 1 N–H and O–H groups in total. The van der Waals surface area contributed by atoms with Crippen LogP contribution in [0.3, 0.4) is 0 Å². The maximum Gasteiger partial charge on any atom is 0.251 e. The Hall–Kier alpha value is -2.33. The molecule has 0 aromatic heterocycles. The fourth-order valence-electron chi connectivity index (χ4n) is 1.14. The monoisotopic (exact) mass is 227 g/mol. The maximum atomic E-state index is 11.7. The van der Waals surface area contributed by atoms with E-state index in [0.717, 1.165) is 0 Å². The van der Waals surface area contributed by atoms with Crippen molar-refractivity contribution in [1.29, 1.82) is 10.5 Å². The van der Waals surface area contributed by atoms with E-state index in [2.05, 4.69) is 11.4 Å². The summed E-state index contributed by atoms with van der Waals surface area (Å²) in [5.74, 6) is -0.238. The molecule has 4 nitrogen and oxygen atoms in total. The third-order valence-electron chi connectivity index (χ3n) is 2.27. The van der Waals surface area contributed by atoms with Gasteiger partial charge in [0.25, 0.3) is 5.91 Å². The summed E-state index contributed by atoms with van der Waals surface area (Å²) < 4.78 is 0. The minimum Gasteiger partial charge on any atom is -0.350 e. The Kier molecular flexibility index (Phi) is 3.85. The van der Waals surface area contributed by atoms with Crippen molar-refractivity contribution in [1.82, 2.24) is 5.32 Å². The summed E-state index contributed by atoms with van der Waals surface area (Å²) in [7, 11) is 0. The van der Waals surface area contributed by atoms with Gasteiger partial charge in [-0.1, -0.05) is 0 Å². The molecule has 0 atom stereocenters. The summed E-state index contributed by atoms with van der Waals surface area (Å²) in [4.78, 5) is 11.7. The molecule has 0 spiro atoms. The number of nitriles is 2. The van der Waals surface area contributed by atoms with Crippen LogP contribution >= 0.6 is 0 Å². The first-order chi connectivity index (χ1) is 7.98. The Bertz CT molecular complexity index is 489. The Balaban J connectivity index is 2.66. The smallest absolute Gasteiger partial charge is 0.251 e. The van der Waals surface area contributed by atoms with Crippen molar-refractivity contribution >= 4 is 5.91 Å². The van der Waals surface area contributed by atoms with Gasteiger partial charge in [-0.3, -0.25) is 4.79 Å². The van der Waals surface area contributed by atoms with Crippen LogP contribution in [0.1, 0.15) is 29.8 Å². The molecule has 17 heavy (non-hydrogen) atoms. The van der Waals surface area contributed by atoms with Crippen LogP contribution in [0, 0.1) is 28.1 Å². The predicted octanol–water partition coefficient (Wildman–Crippen LogP) is 1.84. The molecule has 0 heterocycles. The summed E-state index contributed by atoms with van der Waals surface area (Å²) in [5.41, 5.74) is 0.416. The number of hydrogen-bond donors (Lipinski definition) is 1. The van der Waals surface area contributed by atoms with Gasteiger partial charge in [-0.15, -0.1) is 0 Å². The van der Waals surface area contributed by atoms with Crippen LogP contribution in [0.25, 0.3) is 0 Å². The van der Waals surface area contributed by atoms with Gasteiger partial charge in [-0.05, 0) is 38.1 Å². The van der Waals surface area contributed by atoms with E-state index in [1.807, 2.05) is 6.07 Å². The van der Waals surface area contributed by atoms with Crippen molar-refractivity contribution in [2.24, 2.45) is 5.41 Å². The topological polar surface area (TPSA) is 76.7 Å². The van der Waals surface area contributed by atoms with Gasteiger partial charge in [-0.2, -0.15) is 10.5 Å².